The average molecular weight is 190 g/mol. The van der Waals surface area contributed by atoms with Crippen LogP contribution >= 0.6 is 0 Å². The molecule has 74 valence electrons. The SMILES string of the molecule is Cc1nc2c(cc1CN)c(C)nn2C. The number of fused-ring (bicyclic) bond motifs is 1. The molecule has 0 amide bonds. The number of hydrogen-bond acceptors (Lipinski definition) is 3. The molecule has 14 heavy (non-hydrogen) atoms. The second kappa shape index (κ2) is 3.06. The van der Waals surface area contributed by atoms with E-state index in [-0.39, 0.29) is 0 Å². The van der Waals surface area contributed by atoms with Crippen LogP contribution in [0.25, 0.3) is 11.0 Å². The van der Waals surface area contributed by atoms with Crippen LogP contribution in [0.2, 0.25) is 0 Å². The van der Waals surface area contributed by atoms with Crippen molar-refractivity contribution in [3.8, 4) is 0 Å². The number of nitrogens with two attached hydrogens (primary N) is 1. The molecule has 0 bridgehead atoms. The lowest BCUT2D eigenvalue weighted by atomic mass is 10.1. The van der Waals surface area contributed by atoms with Crippen molar-refractivity contribution in [2.45, 2.75) is 20.4 Å². The topological polar surface area (TPSA) is 56.7 Å². The maximum atomic E-state index is 5.63. The Morgan fingerprint density at radius 3 is 2.71 bits per heavy atom. The monoisotopic (exact) mass is 190 g/mol. The second-order valence-electron chi connectivity index (χ2n) is 3.52. The van der Waals surface area contributed by atoms with Crippen LogP contribution in [0.1, 0.15) is 17.0 Å². The van der Waals surface area contributed by atoms with Crippen molar-refractivity contribution in [1.29, 1.82) is 0 Å². The summed E-state index contributed by atoms with van der Waals surface area (Å²) in [7, 11) is 1.91. The molecular weight excluding hydrogens is 176 g/mol. The predicted octanol–water partition coefficient (Wildman–Crippen LogP) is 1.04. The number of hydrogen-bond donors (Lipinski definition) is 1. The van der Waals surface area contributed by atoms with Gasteiger partial charge in [-0.2, -0.15) is 5.10 Å². The number of aromatic nitrogens is 3. The van der Waals surface area contributed by atoms with Gasteiger partial charge in [0.25, 0.3) is 0 Å². The third-order valence-electron chi connectivity index (χ3n) is 2.51. The van der Waals surface area contributed by atoms with E-state index in [0.717, 1.165) is 28.0 Å². The Kier molecular flexibility index (Phi) is 2.00. The Balaban J connectivity index is 2.82. The van der Waals surface area contributed by atoms with Crippen LogP contribution in [0.5, 0.6) is 0 Å². The Bertz CT molecular complexity index is 484. The molecule has 0 saturated heterocycles. The number of pyridine rings is 1. The van der Waals surface area contributed by atoms with Gasteiger partial charge in [-0.1, -0.05) is 0 Å². The van der Waals surface area contributed by atoms with Crippen molar-refractivity contribution < 1.29 is 0 Å². The zero-order valence-electron chi connectivity index (χ0n) is 8.70. The minimum absolute atomic E-state index is 0.531. The smallest absolute Gasteiger partial charge is 0.158 e. The van der Waals surface area contributed by atoms with Crippen molar-refractivity contribution in [3.63, 3.8) is 0 Å². The first-order chi connectivity index (χ1) is 6.63. The standard InChI is InChI=1S/C10H14N4/c1-6-8(5-11)4-9-7(2)13-14(3)10(9)12-6/h4H,5,11H2,1-3H3. The third kappa shape index (κ3) is 1.19. The summed E-state index contributed by atoms with van der Waals surface area (Å²) in [5.74, 6) is 0. The molecule has 0 unspecified atom stereocenters. The molecule has 2 aromatic heterocycles. The average Bonchev–Trinajstić information content (AvgIpc) is 2.41. The molecule has 0 atom stereocenters. The molecule has 0 spiro atoms. The van der Waals surface area contributed by atoms with E-state index in [9.17, 15) is 0 Å². The minimum Gasteiger partial charge on any atom is -0.326 e. The molecule has 4 heteroatoms. The van der Waals surface area contributed by atoms with E-state index in [1.165, 1.54) is 0 Å². The fourth-order valence-corrected chi connectivity index (χ4v) is 1.68. The Morgan fingerprint density at radius 2 is 2.07 bits per heavy atom. The highest BCUT2D eigenvalue weighted by molar-refractivity contribution is 5.79. The molecule has 0 aliphatic rings. The van der Waals surface area contributed by atoms with Gasteiger partial charge >= 0.3 is 0 Å². The van der Waals surface area contributed by atoms with E-state index in [1.807, 2.05) is 20.9 Å². The number of aryl methyl sites for hydroxylation is 3. The summed E-state index contributed by atoms with van der Waals surface area (Å²) < 4.78 is 1.80. The quantitative estimate of drug-likeness (QED) is 0.731. The van der Waals surface area contributed by atoms with Crippen LogP contribution < -0.4 is 5.73 Å². The highest BCUT2D eigenvalue weighted by atomic mass is 15.3. The molecule has 0 aliphatic heterocycles. The lowest BCUT2D eigenvalue weighted by Gasteiger charge is -2.02. The highest BCUT2D eigenvalue weighted by Crippen LogP contribution is 2.18. The van der Waals surface area contributed by atoms with Gasteiger partial charge in [0.05, 0.1) is 5.69 Å². The fraction of sp³-hybridized carbons (Fsp3) is 0.400. The number of rotatable bonds is 1. The minimum atomic E-state index is 0.531. The maximum absolute atomic E-state index is 5.63. The zero-order chi connectivity index (χ0) is 10.3. The summed E-state index contributed by atoms with van der Waals surface area (Å²) in [6, 6.07) is 2.08. The van der Waals surface area contributed by atoms with Crippen LogP contribution in [0.4, 0.5) is 0 Å². The first kappa shape index (κ1) is 9.15. The zero-order valence-corrected chi connectivity index (χ0v) is 8.70. The summed E-state index contributed by atoms with van der Waals surface area (Å²) >= 11 is 0. The summed E-state index contributed by atoms with van der Waals surface area (Å²) in [5.41, 5.74) is 9.64. The molecule has 2 rings (SSSR count). The summed E-state index contributed by atoms with van der Waals surface area (Å²) in [5, 5.41) is 5.42. The Labute approximate surface area is 82.7 Å². The van der Waals surface area contributed by atoms with E-state index in [0.29, 0.717) is 6.54 Å². The number of nitrogens with zero attached hydrogens (tertiary/aromatic N) is 3. The molecule has 4 nitrogen and oxygen atoms in total. The van der Waals surface area contributed by atoms with Gasteiger partial charge in [-0.25, -0.2) is 4.98 Å². The van der Waals surface area contributed by atoms with E-state index in [1.54, 1.807) is 4.68 Å². The molecular formula is C10H14N4. The summed E-state index contributed by atoms with van der Waals surface area (Å²) in [4.78, 5) is 4.49. The molecule has 0 aromatic carbocycles. The fourth-order valence-electron chi connectivity index (χ4n) is 1.68. The van der Waals surface area contributed by atoms with Gasteiger partial charge in [-0.15, -0.1) is 0 Å². The summed E-state index contributed by atoms with van der Waals surface area (Å²) in [6.07, 6.45) is 0. The van der Waals surface area contributed by atoms with E-state index >= 15 is 0 Å². The normalized spacial score (nSPS) is 11.1. The van der Waals surface area contributed by atoms with Gasteiger partial charge in [0.15, 0.2) is 5.65 Å². The lowest BCUT2D eigenvalue weighted by molar-refractivity contribution is 0.772. The lowest BCUT2D eigenvalue weighted by Crippen LogP contribution is -2.02. The van der Waals surface area contributed by atoms with Crippen LogP contribution in [0, 0.1) is 13.8 Å². The molecule has 2 aromatic rings. The Morgan fingerprint density at radius 1 is 1.36 bits per heavy atom. The van der Waals surface area contributed by atoms with Crippen molar-refractivity contribution in [3.05, 3.63) is 23.0 Å². The van der Waals surface area contributed by atoms with Gasteiger partial charge in [-0.3, -0.25) is 4.68 Å². The summed E-state index contributed by atoms with van der Waals surface area (Å²) in [6.45, 7) is 4.49. The molecule has 0 fully saturated rings. The second-order valence-corrected chi connectivity index (χ2v) is 3.52. The predicted molar refractivity (Wildman–Crippen MR) is 55.9 cm³/mol. The highest BCUT2D eigenvalue weighted by Gasteiger charge is 2.08. The van der Waals surface area contributed by atoms with Crippen molar-refractivity contribution in [2.75, 3.05) is 0 Å². The van der Waals surface area contributed by atoms with Gasteiger partial charge in [0.2, 0.25) is 0 Å². The molecule has 0 radical (unpaired) electrons. The maximum Gasteiger partial charge on any atom is 0.158 e. The van der Waals surface area contributed by atoms with Gasteiger partial charge in [0.1, 0.15) is 0 Å². The van der Waals surface area contributed by atoms with Crippen LogP contribution in [0.15, 0.2) is 6.07 Å². The van der Waals surface area contributed by atoms with Crippen LogP contribution in [0.3, 0.4) is 0 Å². The first-order valence-electron chi connectivity index (χ1n) is 4.63. The van der Waals surface area contributed by atoms with Gasteiger partial charge < -0.3 is 5.73 Å². The third-order valence-corrected chi connectivity index (χ3v) is 2.51. The first-order valence-corrected chi connectivity index (χ1v) is 4.63. The molecule has 0 saturated carbocycles. The molecule has 0 aliphatic carbocycles. The van der Waals surface area contributed by atoms with Crippen LogP contribution in [-0.2, 0) is 13.6 Å². The van der Waals surface area contributed by atoms with Crippen LogP contribution in [-0.4, -0.2) is 14.8 Å². The largest absolute Gasteiger partial charge is 0.326 e. The van der Waals surface area contributed by atoms with E-state index in [4.69, 9.17) is 5.73 Å². The van der Waals surface area contributed by atoms with Gasteiger partial charge in [0, 0.05) is 24.7 Å². The van der Waals surface area contributed by atoms with Crippen molar-refractivity contribution in [2.24, 2.45) is 12.8 Å². The molecule has 2 N–H and O–H groups in total. The molecule has 2 heterocycles. The van der Waals surface area contributed by atoms with Crippen molar-refractivity contribution in [1.82, 2.24) is 14.8 Å². The van der Waals surface area contributed by atoms with Gasteiger partial charge in [-0.05, 0) is 25.5 Å². The van der Waals surface area contributed by atoms with E-state index < -0.39 is 0 Å². The Hall–Kier alpha value is -1.42. The van der Waals surface area contributed by atoms with E-state index in [2.05, 4.69) is 16.1 Å². The van der Waals surface area contributed by atoms with Crippen molar-refractivity contribution >= 4 is 11.0 Å².